The standard InChI is InChI=1S/C8H4O3.C6H10O4.C6H14O3.C4H10O2/c9-7-5-3-1-2-4-6(5)8(10)11-7;7-5(8)3-1-2-4-6(9)10;1-2-6(3-7,4-8)5-9;1-4(6)2-3-5/h1-4H;1-4H2,(H,7,8)(H,9,10);7-9H,2-5H2,1H3;4-6H,2-3H2,1H3. The number of fused-ring (bicyclic) bond motifs is 1. The maximum Gasteiger partial charge on any atom is 0.346 e. The van der Waals surface area contributed by atoms with Gasteiger partial charge in [0.25, 0.3) is 0 Å². The number of aliphatic hydroxyl groups excluding tert-OH is 5. The Morgan fingerprint density at radius 3 is 1.44 bits per heavy atom. The highest BCUT2D eigenvalue weighted by atomic mass is 16.6. The van der Waals surface area contributed by atoms with Crippen LogP contribution in [-0.2, 0) is 14.3 Å². The summed E-state index contributed by atoms with van der Waals surface area (Å²) >= 11 is 0. The first-order chi connectivity index (χ1) is 16.9. The fourth-order valence-corrected chi connectivity index (χ4v) is 2.26. The van der Waals surface area contributed by atoms with Gasteiger partial charge in [0.05, 0.1) is 37.1 Å². The van der Waals surface area contributed by atoms with E-state index in [1.807, 2.05) is 6.92 Å². The van der Waals surface area contributed by atoms with Crippen LogP contribution in [0.4, 0.5) is 0 Å². The molecule has 1 atom stereocenters. The van der Waals surface area contributed by atoms with Crippen LogP contribution >= 0.6 is 0 Å². The lowest BCUT2D eigenvalue weighted by atomic mass is 9.88. The molecule has 0 aromatic heterocycles. The number of rotatable bonds is 11. The third-order valence-corrected chi connectivity index (χ3v) is 4.89. The summed E-state index contributed by atoms with van der Waals surface area (Å²) in [7, 11) is 0. The number of aliphatic carboxylic acids is 2. The van der Waals surface area contributed by atoms with E-state index in [1.54, 1.807) is 31.2 Å². The summed E-state index contributed by atoms with van der Waals surface area (Å²) in [5.74, 6) is -2.84. The largest absolute Gasteiger partial charge is 0.481 e. The molecule has 0 aliphatic carbocycles. The third kappa shape index (κ3) is 15.9. The van der Waals surface area contributed by atoms with Crippen molar-refractivity contribution in [3.63, 3.8) is 0 Å². The number of unbranched alkanes of at least 4 members (excludes halogenated alkanes) is 1. The van der Waals surface area contributed by atoms with Crippen LogP contribution < -0.4 is 0 Å². The van der Waals surface area contributed by atoms with E-state index >= 15 is 0 Å². The molecule has 206 valence electrons. The molecule has 0 spiro atoms. The number of carboxylic acids is 2. The van der Waals surface area contributed by atoms with E-state index in [9.17, 15) is 19.2 Å². The number of benzene rings is 1. The van der Waals surface area contributed by atoms with Crippen LogP contribution in [-0.4, -0.2) is 92.2 Å². The van der Waals surface area contributed by atoms with Gasteiger partial charge in [-0.15, -0.1) is 0 Å². The highest BCUT2D eigenvalue weighted by Crippen LogP contribution is 2.19. The van der Waals surface area contributed by atoms with Crippen LogP contribution in [0.2, 0.25) is 0 Å². The highest BCUT2D eigenvalue weighted by Gasteiger charge is 2.28. The van der Waals surface area contributed by atoms with E-state index < -0.39 is 29.3 Å². The highest BCUT2D eigenvalue weighted by molar-refractivity contribution is 6.14. The van der Waals surface area contributed by atoms with E-state index in [0.717, 1.165) is 0 Å². The molecule has 36 heavy (non-hydrogen) atoms. The summed E-state index contributed by atoms with van der Waals surface area (Å²) in [6.45, 7) is 3.08. The Morgan fingerprint density at radius 1 is 0.861 bits per heavy atom. The fourth-order valence-electron chi connectivity index (χ4n) is 2.26. The molecule has 0 bridgehead atoms. The number of ether oxygens (including phenoxy) is 1. The monoisotopic (exact) mass is 518 g/mol. The molecule has 1 unspecified atom stereocenters. The summed E-state index contributed by atoms with van der Waals surface area (Å²) in [6.07, 6.45) is 1.75. The number of cyclic esters (lactones) is 2. The van der Waals surface area contributed by atoms with Crippen LogP contribution in [0.15, 0.2) is 24.3 Å². The quantitative estimate of drug-likeness (QED) is 0.123. The Hall–Kier alpha value is -2.90. The summed E-state index contributed by atoms with van der Waals surface area (Å²) in [4.78, 5) is 41.5. The van der Waals surface area contributed by atoms with Crippen LogP contribution in [0.1, 0.15) is 73.1 Å². The molecule has 1 heterocycles. The predicted molar refractivity (Wildman–Crippen MR) is 127 cm³/mol. The number of carbonyl (C=O) groups excluding carboxylic acids is 2. The Bertz CT molecular complexity index is 721. The van der Waals surface area contributed by atoms with E-state index in [1.165, 1.54) is 0 Å². The van der Waals surface area contributed by atoms with Crippen molar-refractivity contribution in [3.05, 3.63) is 35.4 Å². The predicted octanol–water partition coefficient (Wildman–Crippen LogP) is 0.823. The zero-order chi connectivity index (χ0) is 28.1. The third-order valence-electron chi connectivity index (χ3n) is 4.89. The number of hydrogen-bond acceptors (Lipinski definition) is 10. The van der Waals surface area contributed by atoms with Crippen molar-refractivity contribution in [2.24, 2.45) is 5.41 Å². The lowest BCUT2D eigenvalue weighted by Crippen LogP contribution is -2.32. The number of carboxylic acid groups (broad SMARTS) is 2. The molecule has 1 aliphatic heterocycles. The Morgan fingerprint density at radius 2 is 1.25 bits per heavy atom. The lowest BCUT2D eigenvalue weighted by molar-refractivity contribution is -0.139. The molecule has 0 fully saturated rings. The first kappa shape index (κ1) is 35.3. The van der Waals surface area contributed by atoms with Gasteiger partial charge in [0.1, 0.15) is 0 Å². The van der Waals surface area contributed by atoms with Crippen molar-refractivity contribution in [2.45, 2.75) is 58.5 Å². The van der Waals surface area contributed by atoms with Gasteiger partial charge in [-0.3, -0.25) is 9.59 Å². The fraction of sp³-hybridized carbons (Fsp3) is 0.583. The normalized spacial score (nSPS) is 12.4. The maximum absolute atomic E-state index is 10.8. The van der Waals surface area contributed by atoms with Gasteiger partial charge in [0.15, 0.2) is 0 Å². The smallest absolute Gasteiger partial charge is 0.346 e. The van der Waals surface area contributed by atoms with Crippen molar-refractivity contribution in [1.29, 1.82) is 0 Å². The summed E-state index contributed by atoms with van der Waals surface area (Å²) in [6, 6.07) is 6.53. The van der Waals surface area contributed by atoms with Crippen LogP contribution in [0.3, 0.4) is 0 Å². The van der Waals surface area contributed by atoms with Gasteiger partial charge < -0.3 is 40.5 Å². The second-order valence-electron chi connectivity index (χ2n) is 7.91. The van der Waals surface area contributed by atoms with Crippen LogP contribution in [0.5, 0.6) is 0 Å². The Kier molecular flexibility index (Phi) is 19.9. The lowest BCUT2D eigenvalue weighted by Gasteiger charge is -2.24. The van der Waals surface area contributed by atoms with E-state index in [0.29, 0.717) is 36.8 Å². The summed E-state index contributed by atoms with van der Waals surface area (Å²) in [5.41, 5.74) is 0.0509. The second kappa shape index (κ2) is 20.3. The molecule has 12 heteroatoms. The average Bonchev–Trinajstić information content (AvgIpc) is 3.13. The van der Waals surface area contributed by atoms with Gasteiger partial charge in [-0.1, -0.05) is 19.1 Å². The summed E-state index contributed by atoms with van der Waals surface area (Å²) < 4.78 is 4.35. The molecule has 0 radical (unpaired) electrons. The number of esters is 2. The minimum Gasteiger partial charge on any atom is -0.481 e. The van der Waals surface area contributed by atoms with Crippen molar-refractivity contribution < 1.29 is 59.7 Å². The van der Waals surface area contributed by atoms with Gasteiger partial charge in [-0.25, -0.2) is 9.59 Å². The molecular formula is C24H38O12. The minimum atomic E-state index is -0.870. The minimum absolute atomic E-state index is 0.0628. The zero-order valence-corrected chi connectivity index (χ0v) is 20.6. The zero-order valence-electron chi connectivity index (χ0n) is 20.6. The van der Waals surface area contributed by atoms with Crippen molar-refractivity contribution in [3.8, 4) is 0 Å². The van der Waals surface area contributed by atoms with Gasteiger partial charge in [-0.2, -0.15) is 0 Å². The molecule has 1 aliphatic rings. The van der Waals surface area contributed by atoms with Gasteiger partial charge in [0, 0.05) is 24.9 Å². The number of aliphatic hydroxyl groups is 5. The van der Waals surface area contributed by atoms with Gasteiger partial charge >= 0.3 is 23.9 Å². The molecule has 1 aromatic carbocycles. The van der Waals surface area contributed by atoms with Crippen molar-refractivity contribution >= 4 is 23.9 Å². The topological polar surface area (TPSA) is 219 Å². The van der Waals surface area contributed by atoms with Crippen molar-refractivity contribution in [2.75, 3.05) is 26.4 Å². The number of hydrogen-bond donors (Lipinski definition) is 7. The maximum atomic E-state index is 10.8. The van der Waals surface area contributed by atoms with E-state index in [-0.39, 0.29) is 45.4 Å². The molecule has 1 aromatic rings. The average molecular weight is 519 g/mol. The SMILES string of the molecule is CC(O)CCO.CCC(CO)(CO)CO.O=C(O)CCCCC(=O)O.O=C1OC(=O)c2ccccc21. The molecule has 12 nitrogen and oxygen atoms in total. The molecule has 2 rings (SSSR count). The molecule has 0 saturated heterocycles. The van der Waals surface area contributed by atoms with Crippen LogP contribution in [0.25, 0.3) is 0 Å². The van der Waals surface area contributed by atoms with Crippen molar-refractivity contribution in [1.82, 2.24) is 0 Å². The molecule has 0 saturated carbocycles. The first-order valence-electron chi connectivity index (χ1n) is 11.3. The van der Waals surface area contributed by atoms with Crippen LogP contribution in [0, 0.1) is 5.41 Å². The number of carbonyl (C=O) groups is 4. The molecule has 7 N–H and O–H groups in total. The first-order valence-corrected chi connectivity index (χ1v) is 11.3. The van der Waals surface area contributed by atoms with E-state index in [2.05, 4.69) is 4.74 Å². The summed E-state index contributed by atoms with van der Waals surface area (Å²) in [5, 5.41) is 58.7. The van der Waals surface area contributed by atoms with Gasteiger partial charge in [0.2, 0.25) is 0 Å². The van der Waals surface area contributed by atoms with E-state index in [4.69, 9.17) is 35.7 Å². The molecule has 0 amide bonds. The second-order valence-corrected chi connectivity index (χ2v) is 7.91. The Balaban J connectivity index is 0. The Labute approximate surface area is 209 Å². The van der Waals surface area contributed by atoms with Gasteiger partial charge in [-0.05, 0) is 44.7 Å². The molecular weight excluding hydrogens is 480 g/mol.